The van der Waals surface area contributed by atoms with Crippen LogP contribution in [0, 0.1) is 0 Å². The standard InChI is InChI=1S/C5H5N5O/c1-9-3-2-4-6-7-8-10(4)5(9)11/h2-3H,1H3. The normalized spacial score (nSPS) is 10.6. The van der Waals surface area contributed by atoms with Crippen molar-refractivity contribution in [2.24, 2.45) is 7.05 Å². The molecule has 0 spiro atoms. The third kappa shape index (κ3) is 0.721. The van der Waals surface area contributed by atoms with Gasteiger partial charge in [-0.05, 0) is 10.4 Å². The van der Waals surface area contributed by atoms with Crippen molar-refractivity contribution < 1.29 is 0 Å². The van der Waals surface area contributed by atoms with Crippen molar-refractivity contribution in [3.8, 4) is 0 Å². The second-order valence-corrected chi connectivity index (χ2v) is 2.16. The molecule has 0 aliphatic heterocycles. The lowest BCUT2D eigenvalue weighted by Crippen LogP contribution is -2.24. The Balaban J connectivity index is 3.05. The van der Waals surface area contributed by atoms with Crippen molar-refractivity contribution in [2.45, 2.75) is 0 Å². The zero-order valence-corrected chi connectivity index (χ0v) is 5.80. The minimum Gasteiger partial charge on any atom is -0.302 e. The second-order valence-electron chi connectivity index (χ2n) is 2.16. The lowest BCUT2D eigenvalue weighted by molar-refractivity contribution is 0.713. The molecule has 0 amide bonds. The summed E-state index contributed by atoms with van der Waals surface area (Å²) in [5, 5.41) is 10.5. The first kappa shape index (κ1) is 6.02. The van der Waals surface area contributed by atoms with Gasteiger partial charge < -0.3 is 4.57 Å². The average Bonchev–Trinajstić information content (AvgIpc) is 2.45. The van der Waals surface area contributed by atoms with Gasteiger partial charge in [0.1, 0.15) is 0 Å². The van der Waals surface area contributed by atoms with E-state index in [1.807, 2.05) is 0 Å². The van der Waals surface area contributed by atoms with E-state index >= 15 is 0 Å². The predicted molar refractivity (Wildman–Crippen MR) is 36.0 cm³/mol. The molecule has 0 aliphatic carbocycles. The highest BCUT2D eigenvalue weighted by atomic mass is 16.2. The fourth-order valence-corrected chi connectivity index (χ4v) is 0.826. The Morgan fingerprint density at radius 2 is 2.36 bits per heavy atom. The first-order valence-corrected chi connectivity index (χ1v) is 3.03. The predicted octanol–water partition coefficient (Wildman–Crippen LogP) is -1.18. The van der Waals surface area contributed by atoms with Crippen LogP contribution in [0.3, 0.4) is 0 Å². The van der Waals surface area contributed by atoms with E-state index in [0.29, 0.717) is 5.65 Å². The van der Waals surface area contributed by atoms with E-state index in [-0.39, 0.29) is 5.69 Å². The topological polar surface area (TPSA) is 65.1 Å². The van der Waals surface area contributed by atoms with Gasteiger partial charge >= 0.3 is 5.69 Å². The van der Waals surface area contributed by atoms with Gasteiger partial charge in [0, 0.05) is 19.3 Å². The van der Waals surface area contributed by atoms with Crippen LogP contribution in [-0.4, -0.2) is 24.6 Å². The van der Waals surface area contributed by atoms with Gasteiger partial charge in [0.05, 0.1) is 0 Å². The molecule has 0 N–H and O–H groups in total. The number of rotatable bonds is 0. The van der Waals surface area contributed by atoms with Crippen LogP contribution in [0.25, 0.3) is 5.65 Å². The number of fused-ring (bicyclic) bond motifs is 1. The lowest BCUT2D eigenvalue weighted by Gasteiger charge is -1.93. The maximum atomic E-state index is 11.2. The quantitative estimate of drug-likeness (QED) is 0.475. The van der Waals surface area contributed by atoms with E-state index in [1.54, 1.807) is 19.3 Å². The van der Waals surface area contributed by atoms with Gasteiger partial charge in [-0.15, -0.1) is 9.61 Å². The molecule has 0 atom stereocenters. The molecule has 0 aliphatic rings. The summed E-state index contributed by atoms with van der Waals surface area (Å²) in [6.07, 6.45) is 1.62. The second kappa shape index (κ2) is 1.88. The molecule has 0 bridgehead atoms. The van der Waals surface area contributed by atoms with Crippen LogP contribution in [-0.2, 0) is 7.05 Å². The first-order chi connectivity index (χ1) is 5.29. The lowest BCUT2D eigenvalue weighted by atomic mass is 10.6. The summed E-state index contributed by atoms with van der Waals surface area (Å²) in [4.78, 5) is 11.2. The summed E-state index contributed by atoms with van der Waals surface area (Å²) in [5.41, 5.74) is 0.223. The molecule has 0 unspecified atom stereocenters. The van der Waals surface area contributed by atoms with E-state index < -0.39 is 0 Å². The van der Waals surface area contributed by atoms with E-state index in [4.69, 9.17) is 0 Å². The van der Waals surface area contributed by atoms with Crippen LogP contribution < -0.4 is 5.69 Å². The molecule has 0 fully saturated rings. The zero-order valence-electron chi connectivity index (χ0n) is 5.80. The molecule has 6 heteroatoms. The van der Waals surface area contributed by atoms with Crippen molar-refractivity contribution in [1.82, 2.24) is 24.6 Å². The van der Waals surface area contributed by atoms with E-state index in [9.17, 15) is 4.79 Å². The van der Waals surface area contributed by atoms with Gasteiger partial charge in [-0.2, -0.15) is 0 Å². The number of hydrogen-bond donors (Lipinski definition) is 0. The average molecular weight is 151 g/mol. The van der Waals surface area contributed by atoms with E-state index in [0.717, 1.165) is 4.52 Å². The van der Waals surface area contributed by atoms with E-state index in [2.05, 4.69) is 15.5 Å². The highest BCUT2D eigenvalue weighted by Crippen LogP contribution is 1.87. The van der Waals surface area contributed by atoms with Crippen molar-refractivity contribution in [1.29, 1.82) is 0 Å². The van der Waals surface area contributed by atoms with Gasteiger partial charge in [-0.25, -0.2) is 4.79 Å². The summed E-state index contributed by atoms with van der Waals surface area (Å²) >= 11 is 0. The molecule has 0 saturated carbocycles. The Hall–Kier alpha value is -1.72. The fourth-order valence-electron chi connectivity index (χ4n) is 0.826. The van der Waals surface area contributed by atoms with Gasteiger partial charge in [0.2, 0.25) is 0 Å². The van der Waals surface area contributed by atoms with Crippen LogP contribution in [0.2, 0.25) is 0 Å². The maximum absolute atomic E-state index is 11.2. The monoisotopic (exact) mass is 151 g/mol. The van der Waals surface area contributed by atoms with Crippen molar-refractivity contribution in [3.63, 3.8) is 0 Å². The Morgan fingerprint density at radius 3 is 3.18 bits per heavy atom. The molecular weight excluding hydrogens is 146 g/mol. The Morgan fingerprint density at radius 1 is 1.55 bits per heavy atom. The van der Waals surface area contributed by atoms with Crippen LogP contribution >= 0.6 is 0 Å². The van der Waals surface area contributed by atoms with E-state index in [1.165, 1.54) is 4.57 Å². The molecule has 2 heterocycles. The molecule has 56 valence electrons. The van der Waals surface area contributed by atoms with Crippen molar-refractivity contribution in [2.75, 3.05) is 0 Å². The molecule has 0 saturated heterocycles. The van der Waals surface area contributed by atoms with Gasteiger partial charge in [0.25, 0.3) is 0 Å². The number of hydrogen-bond acceptors (Lipinski definition) is 4. The van der Waals surface area contributed by atoms with Crippen LogP contribution in [0.4, 0.5) is 0 Å². The van der Waals surface area contributed by atoms with Gasteiger partial charge in [-0.3, -0.25) is 0 Å². The smallest absolute Gasteiger partial charge is 0.302 e. The SMILES string of the molecule is Cn1ccc2nnnn2c1=O. The third-order valence-electron chi connectivity index (χ3n) is 1.42. The molecule has 6 nitrogen and oxygen atoms in total. The molecule has 0 radical (unpaired) electrons. The summed E-state index contributed by atoms with van der Waals surface area (Å²) in [6.45, 7) is 0. The summed E-state index contributed by atoms with van der Waals surface area (Å²) in [6, 6.07) is 1.67. The Kier molecular flexibility index (Phi) is 1.03. The number of aryl methyl sites for hydroxylation is 1. The van der Waals surface area contributed by atoms with Crippen molar-refractivity contribution in [3.05, 3.63) is 22.7 Å². The van der Waals surface area contributed by atoms with Crippen LogP contribution in [0.15, 0.2) is 17.1 Å². The summed E-state index contributed by atoms with van der Waals surface area (Å²) in [5.74, 6) is 0. The molecule has 2 aromatic heterocycles. The molecule has 2 rings (SSSR count). The Labute approximate surface area is 61.1 Å². The summed E-state index contributed by atoms with van der Waals surface area (Å²) < 4.78 is 2.54. The van der Waals surface area contributed by atoms with Crippen LogP contribution in [0.1, 0.15) is 0 Å². The van der Waals surface area contributed by atoms with Crippen molar-refractivity contribution >= 4 is 5.65 Å². The molecule has 11 heavy (non-hydrogen) atoms. The van der Waals surface area contributed by atoms with Crippen LogP contribution in [0.5, 0.6) is 0 Å². The Bertz CT molecular complexity index is 441. The zero-order chi connectivity index (χ0) is 7.84. The molecular formula is C5H5N5O. The van der Waals surface area contributed by atoms with Gasteiger partial charge in [-0.1, -0.05) is 0 Å². The van der Waals surface area contributed by atoms with Gasteiger partial charge in [0.15, 0.2) is 5.65 Å². The molecule has 0 aromatic carbocycles. The largest absolute Gasteiger partial charge is 0.351 e. The number of aromatic nitrogens is 5. The number of tetrazole rings is 1. The highest BCUT2D eigenvalue weighted by molar-refractivity contribution is 5.31. The highest BCUT2D eigenvalue weighted by Gasteiger charge is 1.99. The first-order valence-electron chi connectivity index (χ1n) is 3.03. The number of nitrogens with zero attached hydrogens (tertiary/aromatic N) is 5. The molecule has 2 aromatic rings. The summed E-state index contributed by atoms with van der Waals surface area (Å²) in [7, 11) is 1.64. The third-order valence-corrected chi connectivity index (χ3v) is 1.42. The maximum Gasteiger partial charge on any atom is 0.351 e. The minimum atomic E-state index is -0.243. The minimum absolute atomic E-state index is 0.243. The fraction of sp³-hybridized carbons (Fsp3) is 0.200.